The molecule has 2 aromatic rings. The summed E-state index contributed by atoms with van der Waals surface area (Å²) in [5, 5.41) is 3.55. The standard InChI is InChI=1S/C16H16BrN/c1-2-8-15(13-9-4-3-5-10-13)18-16-12-7-6-11-14(16)17/h2-7,9-12,15,18H,1,8H2. The number of benzene rings is 2. The minimum atomic E-state index is 0.252. The molecule has 0 aromatic heterocycles. The van der Waals surface area contributed by atoms with Crippen molar-refractivity contribution in [2.24, 2.45) is 0 Å². The zero-order chi connectivity index (χ0) is 12.8. The molecule has 0 amide bonds. The number of anilines is 1. The summed E-state index contributed by atoms with van der Waals surface area (Å²) >= 11 is 3.56. The Morgan fingerprint density at radius 1 is 1.06 bits per heavy atom. The van der Waals surface area contributed by atoms with Gasteiger partial charge in [-0.2, -0.15) is 0 Å². The van der Waals surface area contributed by atoms with Crippen LogP contribution in [0.3, 0.4) is 0 Å². The molecule has 1 atom stereocenters. The maximum absolute atomic E-state index is 3.84. The second-order valence-corrected chi connectivity index (χ2v) is 4.97. The zero-order valence-corrected chi connectivity index (χ0v) is 11.7. The lowest BCUT2D eigenvalue weighted by atomic mass is 10.0. The molecule has 0 aliphatic rings. The highest BCUT2D eigenvalue weighted by atomic mass is 79.9. The van der Waals surface area contributed by atoms with Crippen molar-refractivity contribution in [3.05, 3.63) is 77.3 Å². The van der Waals surface area contributed by atoms with Gasteiger partial charge in [-0.15, -0.1) is 6.58 Å². The number of rotatable bonds is 5. The lowest BCUT2D eigenvalue weighted by molar-refractivity contribution is 0.798. The number of halogens is 1. The van der Waals surface area contributed by atoms with Crippen LogP contribution >= 0.6 is 15.9 Å². The van der Waals surface area contributed by atoms with Crippen LogP contribution in [-0.2, 0) is 0 Å². The van der Waals surface area contributed by atoms with Crippen LogP contribution in [0.4, 0.5) is 5.69 Å². The Morgan fingerprint density at radius 3 is 2.39 bits per heavy atom. The molecule has 18 heavy (non-hydrogen) atoms. The van der Waals surface area contributed by atoms with E-state index in [0.717, 1.165) is 16.6 Å². The number of nitrogens with one attached hydrogen (secondary N) is 1. The van der Waals surface area contributed by atoms with Crippen LogP contribution < -0.4 is 5.32 Å². The van der Waals surface area contributed by atoms with Gasteiger partial charge in [0.25, 0.3) is 0 Å². The lowest BCUT2D eigenvalue weighted by Crippen LogP contribution is -2.10. The van der Waals surface area contributed by atoms with E-state index in [-0.39, 0.29) is 6.04 Å². The van der Waals surface area contributed by atoms with Gasteiger partial charge in [0, 0.05) is 10.2 Å². The average Bonchev–Trinajstić information content (AvgIpc) is 2.42. The summed E-state index contributed by atoms with van der Waals surface area (Å²) in [5.74, 6) is 0. The van der Waals surface area contributed by atoms with E-state index >= 15 is 0 Å². The Labute approximate surface area is 117 Å². The van der Waals surface area contributed by atoms with E-state index in [0.29, 0.717) is 0 Å². The Hall–Kier alpha value is -1.54. The monoisotopic (exact) mass is 301 g/mol. The third kappa shape index (κ3) is 3.23. The van der Waals surface area contributed by atoms with Gasteiger partial charge in [-0.05, 0) is 40.0 Å². The number of hydrogen-bond donors (Lipinski definition) is 1. The van der Waals surface area contributed by atoms with Crippen LogP contribution in [0.2, 0.25) is 0 Å². The van der Waals surface area contributed by atoms with Crippen molar-refractivity contribution < 1.29 is 0 Å². The summed E-state index contributed by atoms with van der Waals surface area (Å²) in [6, 6.07) is 18.8. The molecule has 2 aromatic carbocycles. The maximum Gasteiger partial charge on any atom is 0.0548 e. The molecule has 2 rings (SSSR count). The van der Waals surface area contributed by atoms with Crippen molar-refractivity contribution in [1.29, 1.82) is 0 Å². The predicted octanol–water partition coefficient (Wildman–Crippen LogP) is 5.18. The van der Waals surface area contributed by atoms with Gasteiger partial charge in [-0.25, -0.2) is 0 Å². The molecular weight excluding hydrogens is 286 g/mol. The van der Waals surface area contributed by atoms with Crippen molar-refractivity contribution in [1.82, 2.24) is 0 Å². The summed E-state index contributed by atoms with van der Waals surface area (Å²) in [5.41, 5.74) is 2.38. The summed E-state index contributed by atoms with van der Waals surface area (Å²) in [4.78, 5) is 0. The van der Waals surface area contributed by atoms with Gasteiger partial charge in [0.15, 0.2) is 0 Å². The van der Waals surface area contributed by atoms with Crippen LogP contribution in [0.25, 0.3) is 0 Å². The van der Waals surface area contributed by atoms with Gasteiger partial charge in [-0.3, -0.25) is 0 Å². The Balaban J connectivity index is 2.22. The Bertz CT molecular complexity index is 508. The molecule has 0 bridgehead atoms. The Kier molecular flexibility index (Phi) is 4.59. The van der Waals surface area contributed by atoms with E-state index in [1.54, 1.807) is 0 Å². The molecule has 0 saturated carbocycles. The highest BCUT2D eigenvalue weighted by Crippen LogP contribution is 2.28. The third-order valence-electron chi connectivity index (χ3n) is 2.81. The molecular formula is C16H16BrN. The number of para-hydroxylation sites is 1. The molecule has 0 saturated heterocycles. The van der Waals surface area contributed by atoms with Crippen LogP contribution in [0.15, 0.2) is 71.7 Å². The van der Waals surface area contributed by atoms with Crippen molar-refractivity contribution >= 4 is 21.6 Å². The van der Waals surface area contributed by atoms with Gasteiger partial charge in [0.05, 0.1) is 6.04 Å². The minimum absolute atomic E-state index is 0.252. The Morgan fingerprint density at radius 2 is 1.72 bits per heavy atom. The molecule has 0 spiro atoms. The molecule has 1 unspecified atom stereocenters. The van der Waals surface area contributed by atoms with Crippen LogP contribution in [0.5, 0.6) is 0 Å². The normalized spacial score (nSPS) is 11.8. The summed E-state index contributed by atoms with van der Waals surface area (Å²) in [6.45, 7) is 3.84. The summed E-state index contributed by atoms with van der Waals surface area (Å²) in [7, 11) is 0. The molecule has 2 heteroatoms. The quantitative estimate of drug-likeness (QED) is 0.751. The minimum Gasteiger partial charge on any atom is -0.377 e. The number of hydrogen-bond acceptors (Lipinski definition) is 1. The van der Waals surface area contributed by atoms with Crippen LogP contribution in [-0.4, -0.2) is 0 Å². The van der Waals surface area contributed by atoms with Crippen molar-refractivity contribution in [2.45, 2.75) is 12.5 Å². The van der Waals surface area contributed by atoms with E-state index in [1.807, 2.05) is 30.3 Å². The van der Waals surface area contributed by atoms with E-state index in [1.165, 1.54) is 5.56 Å². The second kappa shape index (κ2) is 6.41. The first-order valence-electron chi connectivity index (χ1n) is 5.98. The van der Waals surface area contributed by atoms with Crippen molar-refractivity contribution in [3.8, 4) is 0 Å². The van der Waals surface area contributed by atoms with Crippen molar-refractivity contribution in [2.75, 3.05) is 5.32 Å². The van der Waals surface area contributed by atoms with Crippen LogP contribution in [0.1, 0.15) is 18.0 Å². The van der Waals surface area contributed by atoms with Gasteiger partial charge < -0.3 is 5.32 Å². The molecule has 0 radical (unpaired) electrons. The first kappa shape index (κ1) is 12.9. The smallest absolute Gasteiger partial charge is 0.0548 e. The SMILES string of the molecule is C=CCC(Nc1ccccc1Br)c1ccccc1. The van der Waals surface area contributed by atoms with Gasteiger partial charge in [0.2, 0.25) is 0 Å². The van der Waals surface area contributed by atoms with E-state index in [2.05, 4.69) is 58.2 Å². The van der Waals surface area contributed by atoms with Gasteiger partial charge in [-0.1, -0.05) is 48.5 Å². The molecule has 0 fully saturated rings. The molecule has 0 aliphatic carbocycles. The first-order chi connectivity index (χ1) is 8.81. The molecule has 1 nitrogen and oxygen atoms in total. The predicted molar refractivity (Wildman–Crippen MR) is 81.8 cm³/mol. The van der Waals surface area contributed by atoms with E-state index < -0.39 is 0 Å². The molecule has 92 valence electrons. The van der Waals surface area contributed by atoms with E-state index in [4.69, 9.17) is 0 Å². The van der Waals surface area contributed by atoms with Gasteiger partial charge in [0.1, 0.15) is 0 Å². The third-order valence-corrected chi connectivity index (χ3v) is 3.50. The molecule has 0 heterocycles. The maximum atomic E-state index is 3.84. The van der Waals surface area contributed by atoms with Gasteiger partial charge >= 0.3 is 0 Å². The highest BCUT2D eigenvalue weighted by molar-refractivity contribution is 9.10. The summed E-state index contributed by atoms with van der Waals surface area (Å²) in [6.07, 6.45) is 2.84. The highest BCUT2D eigenvalue weighted by Gasteiger charge is 2.10. The lowest BCUT2D eigenvalue weighted by Gasteiger charge is -2.19. The fourth-order valence-electron chi connectivity index (χ4n) is 1.90. The molecule has 0 aliphatic heterocycles. The topological polar surface area (TPSA) is 12.0 Å². The zero-order valence-electron chi connectivity index (χ0n) is 10.1. The first-order valence-corrected chi connectivity index (χ1v) is 6.77. The van der Waals surface area contributed by atoms with E-state index in [9.17, 15) is 0 Å². The summed E-state index contributed by atoms with van der Waals surface area (Å²) < 4.78 is 1.08. The largest absolute Gasteiger partial charge is 0.377 e. The fourth-order valence-corrected chi connectivity index (χ4v) is 2.30. The van der Waals surface area contributed by atoms with Crippen molar-refractivity contribution in [3.63, 3.8) is 0 Å². The molecule has 1 N–H and O–H groups in total. The average molecular weight is 302 g/mol. The second-order valence-electron chi connectivity index (χ2n) is 4.11. The fraction of sp³-hybridized carbons (Fsp3) is 0.125. The van der Waals surface area contributed by atoms with Crippen LogP contribution in [0, 0.1) is 0 Å².